The number of oxime groups is 1. The van der Waals surface area contributed by atoms with Gasteiger partial charge in [-0.15, -0.1) is 0 Å². The summed E-state index contributed by atoms with van der Waals surface area (Å²) in [5, 5.41) is 15.3. The Balaban J connectivity index is 2.13. The second kappa shape index (κ2) is 6.22. The van der Waals surface area contributed by atoms with Gasteiger partial charge in [-0.05, 0) is 37.5 Å². The Hall–Kier alpha value is -1.62. The summed E-state index contributed by atoms with van der Waals surface area (Å²) in [7, 11) is 0. The molecule has 0 bridgehead atoms. The average molecular weight is 279 g/mol. The Morgan fingerprint density at radius 1 is 1.40 bits per heavy atom. The van der Waals surface area contributed by atoms with Gasteiger partial charge in [0, 0.05) is 17.6 Å². The number of benzene rings is 1. The molecule has 1 fully saturated rings. The van der Waals surface area contributed by atoms with Crippen molar-refractivity contribution in [2.24, 2.45) is 10.9 Å². The van der Waals surface area contributed by atoms with Gasteiger partial charge in [0.05, 0.1) is 0 Å². The van der Waals surface area contributed by atoms with Crippen LogP contribution in [0.25, 0.3) is 0 Å². The van der Waals surface area contributed by atoms with Gasteiger partial charge in [0.2, 0.25) is 0 Å². The minimum Gasteiger partial charge on any atom is -0.409 e. The fourth-order valence-electron chi connectivity index (χ4n) is 2.81. The first-order valence-corrected chi connectivity index (χ1v) is 7.05. The molecule has 0 radical (unpaired) electrons. The Morgan fingerprint density at radius 2 is 2.10 bits per heavy atom. The molecule has 1 aromatic rings. The van der Waals surface area contributed by atoms with Crippen LogP contribution >= 0.6 is 0 Å². The summed E-state index contributed by atoms with van der Waals surface area (Å²) in [6, 6.07) is 4.38. The number of amidine groups is 1. The van der Waals surface area contributed by atoms with E-state index in [9.17, 15) is 4.39 Å². The highest BCUT2D eigenvalue weighted by atomic mass is 19.1. The molecule has 1 aliphatic rings. The topological polar surface area (TPSA) is 70.6 Å². The van der Waals surface area contributed by atoms with Crippen LogP contribution < -0.4 is 11.1 Å². The van der Waals surface area contributed by atoms with Crippen LogP contribution in [0.3, 0.4) is 0 Å². The number of hydrogen-bond acceptors (Lipinski definition) is 3. The van der Waals surface area contributed by atoms with Crippen molar-refractivity contribution in [2.75, 3.05) is 0 Å². The van der Waals surface area contributed by atoms with Crippen molar-refractivity contribution in [3.05, 3.63) is 35.1 Å². The highest BCUT2D eigenvalue weighted by Gasteiger charge is 2.26. The number of nitrogens with one attached hydrogen (secondary N) is 1. The van der Waals surface area contributed by atoms with E-state index >= 15 is 0 Å². The van der Waals surface area contributed by atoms with Crippen LogP contribution in [0.2, 0.25) is 0 Å². The molecular formula is C15H22FN3O. The molecule has 4 N–H and O–H groups in total. The van der Waals surface area contributed by atoms with E-state index < -0.39 is 0 Å². The molecule has 110 valence electrons. The maximum atomic E-state index is 13.3. The zero-order valence-electron chi connectivity index (χ0n) is 11.8. The smallest absolute Gasteiger partial charge is 0.170 e. The third kappa shape index (κ3) is 3.48. The van der Waals surface area contributed by atoms with Crippen molar-refractivity contribution in [1.29, 1.82) is 0 Å². The Labute approximate surface area is 118 Å². The van der Waals surface area contributed by atoms with E-state index in [1.54, 1.807) is 6.07 Å². The van der Waals surface area contributed by atoms with Crippen molar-refractivity contribution in [2.45, 2.75) is 51.1 Å². The predicted molar refractivity (Wildman–Crippen MR) is 77.2 cm³/mol. The van der Waals surface area contributed by atoms with Gasteiger partial charge in [-0.3, -0.25) is 0 Å². The Kier molecular flexibility index (Phi) is 4.60. The molecular weight excluding hydrogens is 257 g/mol. The lowest BCUT2D eigenvalue weighted by Crippen LogP contribution is -2.43. The fraction of sp³-hybridized carbons (Fsp3) is 0.533. The summed E-state index contributed by atoms with van der Waals surface area (Å²) >= 11 is 0. The van der Waals surface area contributed by atoms with Crippen molar-refractivity contribution < 1.29 is 9.60 Å². The van der Waals surface area contributed by atoms with Crippen molar-refractivity contribution >= 4 is 5.84 Å². The molecule has 0 heterocycles. The molecule has 4 nitrogen and oxygen atoms in total. The number of halogens is 1. The molecule has 0 saturated heterocycles. The number of hydrogen-bond donors (Lipinski definition) is 3. The Morgan fingerprint density at radius 3 is 2.75 bits per heavy atom. The van der Waals surface area contributed by atoms with E-state index in [4.69, 9.17) is 10.9 Å². The molecule has 0 unspecified atom stereocenters. The van der Waals surface area contributed by atoms with Crippen LogP contribution in [-0.2, 0) is 6.54 Å². The highest BCUT2D eigenvalue weighted by Crippen LogP contribution is 2.28. The predicted octanol–water partition coefficient (Wildman–Crippen LogP) is 2.73. The molecule has 1 saturated carbocycles. The van der Waals surface area contributed by atoms with E-state index in [0.29, 0.717) is 12.1 Å². The molecule has 0 aromatic heterocycles. The lowest BCUT2D eigenvalue weighted by molar-refractivity contribution is 0.252. The molecule has 0 atom stereocenters. The van der Waals surface area contributed by atoms with Gasteiger partial charge in [0.15, 0.2) is 5.84 Å². The summed E-state index contributed by atoms with van der Waals surface area (Å²) in [6.45, 7) is 2.81. The average Bonchev–Trinajstić information content (AvgIpc) is 2.46. The molecule has 1 aromatic carbocycles. The first kappa shape index (κ1) is 14.8. The summed E-state index contributed by atoms with van der Waals surface area (Å²) in [5.74, 6) is -0.450. The van der Waals surface area contributed by atoms with Gasteiger partial charge in [0.1, 0.15) is 5.82 Å². The summed E-state index contributed by atoms with van der Waals surface area (Å²) in [6.07, 6.45) is 6.06. The van der Waals surface area contributed by atoms with Crippen LogP contribution in [-0.4, -0.2) is 16.6 Å². The standard InChI is InChI=1S/C15H22FN3O/c1-15(7-3-2-4-8-15)18-10-11-5-6-12(16)9-13(11)14(17)19-20/h5-6,9,18,20H,2-4,7-8,10H2,1H3,(H2,17,19). The lowest BCUT2D eigenvalue weighted by atomic mass is 9.83. The maximum absolute atomic E-state index is 13.3. The van der Waals surface area contributed by atoms with Crippen LogP contribution in [0.1, 0.15) is 50.2 Å². The van der Waals surface area contributed by atoms with Gasteiger partial charge in [0.25, 0.3) is 0 Å². The van der Waals surface area contributed by atoms with Crippen molar-refractivity contribution in [3.8, 4) is 0 Å². The number of rotatable bonds is 4. The quantitative estimate of drug-likeness (QED) is 0.343. The molecule has 0 amide bonds. The van der Waals surface area contributed by atoms with Gasteiger partial charge in [-0.1, -0.05) is 30.5 Å². The molecule has 0 aliphatic heterocycles. The van der Waals surface area contributed by atoms with Gasteiger partial charge in [-0.25, -0.2) is 4.39 Å². The summed E-state index contributed by atoms with van der Waals surface area (Å²) < 4.78 is 13.3. The Bertz CT molecular complexity index is 496. The van der Waals surface area contributed by atoms with Crippen molar-refractivity contribution in [1.82, 2.24) is 5.32 Å². The highest BCUT2D eigenvalue weighted by molar-refractivity contribution is 5.98. The maximum Gasteiger partial charge on any atom is 0.170 e. The van der Waals surface area contributed by atoms with Crippen LogP contribution in [0.15, 0.2) is 23.4 Å². The molecule has 5 heteroatoms. The number of nitrogens with zero attached hydrogens (tertiary/aromatic N) is 1. The van der Waals surface area contributed by atoms with Gasteiger partial charge >= 0.3 is 0 Å². The molecule has 20 heavy (non-hydrogen) atoms. The number of nitrogens with two attached hydrogens (primary N) is 1. The van der Waals surface area contributed by atoms with Crippen molar-refractivity contribution in [3.63, 3.8) is 0 Å². The minimum absolute atomic E-state index is 0.0601. The second-order valence-corrected chi connectivity index (χ2v) is 5.76. The van der Waals surface area contributed by atoms with E-state index in [-0.39, 0.29) is 17.2 Å². The largest absolute Gasteiger partial charge is 0.409 e. The van der Waals surface area contributed by atoms with E-state index in [2.05, 4.69) is 17.4 Å². The van der Waals surface area contributed by atoms with Gasteiger partial charge in [-0.2, -0.15) is 0 Å². The van der Waals surface area contributed by atoms with Crippen LogP contribution in [0.5, 0.6) is 0 Å². The minimum atomic E-state index is -0.390. The third-order valence-electron chi connectivity index (χ3n) is 4.12. The van der Waals surface area contributed by atoms with E-state index in [1.165, 1.54) is 31.4 Å². The van der Waals surface area contributed by atoms with E-state index in [0.717, 1.165) is 18.4 Å². The molecule has 2 rings (SSSR count). The molecule has 0 spiro atoms. The fourth-order valence-corrected chi connectivity index (χ4v) is 2.81. The summed E-state index contributed by atoms with van der Waals surface area (Å²) in [4.78, 5) is 0. The molecule has 1 aliphatic carbocycles. The SMILES string of the molecule is CC1(NCc2ccc(F)cc2C(N)=NO)CCCCC1. The second-order valence-electron chi connectivity index (χ2n) is 5.76. The first-order chi connectivity index (χ1) is 9.54. The van der Waals surface area contributed by atoms with E-state index in [1.807, 2.05) is 0 Å². The first-order valence-electron chi connectivity index (χ1n) is 7.05. The van der Waals surface area contributed by atoms with Gasteiger partial charge < -0.3 is 16.3 Å². The lowest BCUT2D eigenvalue weighted by Gasteiger charge is -2.35. The zero-order chi connectivity index (χ0) is 14.6. The summed E-state index contributed by atoms with van der Waals surface area (Å²) in [5.41, 5.74) is 7.02. The van der Waals surface area contributed by atoms with Crippen LogP contribution in [0.4, 0.5) is 4.39 Å². The van der Waals surface area contributed by atoms with Crippen LogP contribution in [0, 0.1) is 5.82 Å². The normalized spacial score (nSPS) is 19.0. The zero-order valence-corrected chi connectivity index (χ0v) is 11.8. The monoisotopic (exact) mass is 279 g/mol. The third-order valence-corrected chi connectivity index (χ3v) is 4.12.